The second kappa shape index (κ2) is 9.36. The zero-order valence-corrected chi connectivity index (χ0v) is 12.3. The van der Waals surface area contributed by atoms with E-state index in [1.165, 1.54) is 19.3 Å². The third kappa shape index (κ3) is 5.61. The van der Waals surface area contributed by atoms with Gasteiger partial charge < -0.3 is 15.7 Å². The predicted molar refractivity (Wildman–Crippen MR) is 79.4 cm³/mol. The second-order valence-electron chi connectivity index (χ2n) is 4.99. The van der Waals surface area contributed by atoms with Gasteiger partial charge in [0, 0.05) is 25.8 Å². The van der Waals surface area contributed by atoms with E-state index in [0.717, 1.165) is 12.8 Å². The Morgan fingerprint density at radius 1 is 1.30 bits per heavy atom. The molecule has 0 aromatic carbocycles. The Balaban J connectivity index is 2.47. The lowest BCUT2D eigenvalue weighted by Gasteiger charge is -2.21. The van der Waals surface area contributed by atoms with Gasteiger partial charge in [-0.05, 0) is 12.8 Å². The highest BCUT2D eigenvalue weighted by Gasteiger charge is 2.17. The van der Waals surface area contributed by atoms with Gasteiger partial charge in [0.15, 0.2) is 0 Å². The highest BCUT2D eigenvalue weighted by molar-refractivity contribution is 5.92. The molecule has 1 aromatic heterocycles. The number of aliphatic hydroxyl groups is 1. The van der Waals surface area contributed by atoms with E-state index in [0.29, 0.717) is 31.0 Å². The van der Waals surface area contributed by atoms with Crippen LogP contribution in [0.3, 0.4) is 0 Å². The van der Waals surface area contributed by atoms with Crippen molar-refractivity contribution in [2.75, 3.05) is 25.4 Å². The van der Waals surface area contributed by atoms with Gasteiger partial charge in [-0.3, -0.25) is 9.89 Å². The average Bonchev–Trinajstić information content (AvgIpc) is 2.88. The molecule has 0 unspecified atom stereocenters. The van der Waals surface area contributed by atoms with Gasteiger partial charge in [0.05, 0.1) is 0 Å². The van der Waals surface area contributed by atoms with E-state index in [1.54, 1.807) is 11.0 Å². The number of nitrogens with two attached hydrogens (primary N) is 1. The minimum atomic E-state index is -0.0989. The molecule has 0 spiro atoms. The van der Waals surface area contributed by atoms with Gasteiger partial charge >= 0.3 is 0 Å². The summed E-state index contributed by atoms with van der Waals surface area (Å²) in [6, 6.07) is 1.55. The molecule has 20 heavy (non-hydrogen) atoms. The van der Waals surface area contributed by atoms with Gasteiger partial charge in [0.2, 0.25) is 0 Å². The first-order chi connectivity index (χ1) is 9.69. The highest BCUT2D eigenvalue weighted by atomic mass is 16.3. The SMILES string of the molecule is CCCCCCCN(CCCO)C(=O)c1cc(N)n[nH]1. The molecule has 0 aliphatic carbocycles. The van der Waals surface area contributed by atoms with Crippen LogP contribution < -0.4 is 5.73 Å². The zero-order valence-electron chi connectivity index (χ0n) is 12.3. The van der Waals surface area contributed by atoms with Crippen molar-refractivity contribution in [1.82, 2.24) is 15.1 Å². The standard InChI is InChI=1S/C14H26N4O2/c1-2-3-4-5-6-8-18(9-7-10-19)14(20)12-11-13(15)17-16-12/h11,19H,2-10H2,1H3,(H3,15,16,17). The van der Waals surface area contributed by atoms with Crippen LogP contribution in [0.1, 0.15) is 55.9 Å². The molecule has 1 aromatic rings. The Labute approximate surface area is 120 Å². The normalized spacial score (nSPS) is 10.7. The summed E-state index contributed by atoms with van der Waals surface area (Å²) in [6.45, 7) is 3.54. The topological polar surface area (TPSA) is 95.2 Å². The molecule has 0 saturated carbocycles. The summed E-state index contributed by atoms with van der Waals surface area (Å²) >= 11 is 0. The highest BCUT2D eigenvalue weighted by Crippen LogP contribution is 2.09. The fraction of sp³-hybridized carbons (Fsp3) is 0.714. The van der Waals surface area contributed by atoms with Crippen molar-refractivity contribution in [3.8, 4) is 0 Å². The molecule has 4 N–H and O–H groups in total. The first-order valence-corrected chi connectivity index (χ1v) is 7.40. The van der Waals surface area contributed by atoms with E-state index in [-0.39, 0.29) is 12.5 Å². The van der Waals surface area contributed by atoms with Crippen molar-refractivity contribution >= 4 is 11.7 Å². The maximum absolute atomic E-state index is 12.3. The van der Waals surface area contributed by atoms with Crippen LogP contribution in [-0.4, -0.2) is 45.8 Å². The smallest absolute Gasteiger partial charge is 0.271 e. The number of anilines is 1. The van der Waals surface area contributed by atoms with Gasteiger partial charge in [-0.2, -0.15) is 5.10 Å². The molecule has 0 aliphatic rings. The maximum atomic E-state index is 12.3. The van der Waals surface area contributed by atoms with Crippen molar-refractivity contribution in [2.45, 2.75) is 45.4 Å². The molecule has 1 amide bonds. The summed E-state index contributed by atoms with van der Waals surface area (Å²) in [5.74, 6) is 0.219. The number of hydrogen-bond donors (Lipinski definition) is 3. The van der Waals surface area contributed by atoms with E-state index >= 15 is 0 Å². The number of hydrogen-bond acceptors (Lipinski definition) is 4. The molecule has 1 rings (SSSR count). The number of unbranched alkanes of at least 4 members (excludes halogenated alkanes) is 4. The molecule has 6 nitrogen and oxygen atoms in total. The summed E-state index contributed by atoms with van der Waals surface area (Å²) < 4.78 is 0. The van der Waals surface area contributed by atoms with Crippen LogP contribution in [0.2, 0.25) is 0 Å². The summed E-state index contributed by atoms with van der Waals surface area (Å²) in [5.41, 5.74) is 5.93. The molecule has 0 bridgehead atoms. The Morgan fingerprint density at radius 2 is 2.00 bits per heavy atom. The number of nitrogens with one attached hydrogen (secondary N) is 1. The van der Waals surface area contributed by atoms with Crippen molar-refractivity contribution in [2.24, 2.45) is 0 Å². The summed E-state index contributed by atoms with van der Waals surface area (Å²) in [7, 11) is 0. The molecule has 1 heterocycles. The monoisotopic (exact) mass is 282 g/mol. The Bertz CT molecular complexity index is 392. The minimum Gasteiger partial charge on any atom is -0.396 e. The number of aliphatic hydroxyl groups excluding tert-OH is 1. The zero-order chi connectivity index (χ0) is 14.8. The number of nitrogens with zero attached hydrogens (tertiary/aromatic N) is 2. The second-order valence-corrected chi connectivity index (χ2v) is 4.99. The lowest BCUT2D eigenvalue weighted by Crippen LogP contribution is -2.33. The first kappa shape index (κ1) is 16.5. The summed E-state index contributed by atoms with van der Waals surface area (Å²) in [6.07, 6.45) is 6.35. The van der Waals surface area contributed by atoms with Gasteiger partial charge in [-0.25, -0.2) is 0 Å². The van der Waals surface area contributed by atoms with Crippen LogP contribution >= 0.6 is 0 Å². The fourth-order valence-corrected chi connectivity index (χ4v) is 2.10. The minimum absolute atomic E-state index is 0.0880. The number of carbonyl (C=O) groups excluding carboxylic acids is 1. The summed E-state index contributed by atoms with van der Waals surface area (Å²) in [4.78, 5) is 14.1. The van der Waals surface area contributed by atoms with Gasteiger partial charge in [-0.1, -0.05) is 32.6 Å². The molecule has 0 aliphatic heterocycles. The van der Waals surface area contributed by atoms with Crippen molar-refractivity contribution in [3.63, 3.8) is 0 Å². The van der Waals surface area contributed by atoms with Crippen molar-refractivity contribution in [1.29, 1.82) is 0 Å². The van der Waals surface area contributed by atoms with Gasteiger partial charge in [0.1, 0.15) is 11.5 Å². The average molecular weight is 282 g/mol. The van der Waals surface area contributed by atoms with Crippen molar-refractivity contribution in [3.05, 3.63) is 11.8 Å². The number of amides is 1. The third-order valence-electron chi connectivity index (χ3n) is 3.23. The molecule has 0 fully saturated rings. The Kier molecular flexibility index (Phi) is 7.72. The maximum Gasteiger partial charge on any atom is 0.271 e. The third-order valence-corrected chi connectivity index (χ3v) is 3.23. The van der Waals surface area contributed by atoms with Crippen LogP contribution in [0.25, 0.3) is 0 Å². The van der Waals surface area contributed by atoms with Crippen LogP contribution in [0.4, 0.5) is 5.82 Å². The van der Waals surface area contributed by atoms with Crippen molar-refractivity contribution < 1.29 is 9.90 Å². The number of rotatable bonds is 10. The van der Waals surface area contributed by atoms with Gasteiger partial charge in [-0.15, -0.1) is 0 Å². The summed E-state index contributed by atoms with van der Waals surface area (Å²) in [5, 5.41) is 15.4. The molecular weight excluding hydrogens is 256 g/mol. The van der Waals surface area contributed by atoms with E-state index in [2.05, 4.69) is 17.1 Å². The lowest BCUT2D eigenvalue weighted by molar-refractivity contribution is 0.0735. The first-order valence-electron chi connectivity index (χ1n) is 7.40. The predicted octanol–water partition coefficient (Wildman–Crippen LogP) is 1.79. The van der Waals surface area contributed by atoms with Crippen LogP contribution in [0, 0.1) is 0 Å². The molecule has 0 radical (unpaired) electrons. The lowest BCUT2D eigenvalue weighted by atomic mass is 10.1. The van der Waals surface area contributed by atoms with E-state index in [4.69, 9.17) is 10.8 Å². The Morgan fingerprint density at radius 3 is 2.60 bits per heavy atom. The molecule has 0 saturated heterocycles. The molecular formula is C14H26N4O2. The van der Waals surface area contributed by atoms with E-state index < -0.39 is 0 Å². The largest absolute Gasteiger partial charge is 0.396 e. The van der Waals surface area contributed by atoms with E-state index in [1.807, 2.05) is 0 Å². The molecule has 0 atom stereocenters. The number of H-pyrrole nitrogens is 1. The molecule has 6 heteroatoms. The number of aromatic nitrogens is 2. The molecule has 114 valence electrons. The van der Waals surface area contributed by atoms with Gasteiger partial charge in [0.25, 0.3) is 5.91 Å². The quantitative estimate of drug-likeness (QED) is 0.570. The fourth-order valence-electron chi connectivity index (χ4n) is 2.10. The Hall–Kier alpha value is -1.56. The van der Waals surface area contributed by atoms with Crippen LogP contribution in [-0.2, 0) is 0 Å². The number of carbonyl (C=O) groups is 1. The number of nitrogen functional groups attached to an aromatic ring is 1. The number of aromatic amines is 1. The van der Waals surface area contributed by atoms with Crippen LogP contribution in [0.5, 0.6) is 0 Å². The van der Waals surface area contributed by atoms with Crippen LogP contribution in [0.15, 0.2) is 6.07 Å². The van der Waals surface area contributed by atoms with E-state index in [9.17, 15) is 4.79 Å².